The molecule has 1 aliphatic heterocycles. The first-order chi connectivity index (χ1) is 16.3. The van der Waals surface area contributed by atoms with Crippen molar-refractivity contribution in [2.75, 3.05) is 18.8 Å². The molecule has 1 heterocycles. The Hall–Kier alpha value is -3.17. The van der Waals surface area contributed by atoms with E-state index in [1.807, 2.05) is 13.0 Å². The lowest BCUT2D eigenvalue weighted by molar-refractivity contribution is -0.147. The van der Waals surface area contributed by atoms with Crippen molar-refractivity contribution in [3.05, 3.63) is 65.7 Å². The van der Waals surface area contributed by atoms with Crippen LogP contribution in [-0.2, 0) is 24.8 Å². The second-order valence-electron chi connectivity index (χ2n) is 7.82. The maximum Gasteiger partial charge on any atom is 0.331 e. The standard InChI is InChI=1S/C25H28N2O6S/c1-3-21(28)26-16-25(32,17-8-6-5-7-9-17)18-10-12-19(13-11-18)33-23(30)15-27-22(29)14-20(24(27)31)34-4-2/h5-13,20,32H,3-4,14-16H2,1-2H3,(H,26,28). The first-order valence-corrected chi connectivity index (χ1v) is 12.1. The van der Waals surface area contributed by atoms with Crippen molar-refractivity contribution in [2.24, 2.45) is 0 Å². The number of carbonyl (C=O) groups is 4. The Morgan fingerprint density at radius 1 is 1.09 bits per heavy atom. The number of nitrogens with zero attached hydrogens (tertiary/aromatic N) is 1. The number of nitrogens with one attached hydrogen (secondary N) is 1. The fraction of sp³-hybridized carbons (Fsp3) is 0.360. The average molecular weight is 485 g/mol. The number of rotatable bonds is 10. The topological polar surface area (TPSA) is 113 Å². The summed E-state index contributed by atoms with van der Waals surface area (Å²) in [5.41, 5.74) is -0.393. The van der Waals surface area contributed by atoms with E-state index in [2.05, 4.69) is 5.32 Å². The van der Waals surface area contributed by atoms with Gasteiger partial charge in [-0.25, -0.2) is 4.79 Å². The van der Waals surface area contributed by atoms with Gasteiger partial charge in [0.1, 0.15) is 17.9 Å². The van der Waals surface area contributed by atoms with Crippen LogP contribution in [0, 0.1) is 0 Å². The van der Waals surface area contributed by atoms with Gasteiger partial charge >= 0.3 is 5.97 Å². The van der Waals surface area contributed by atoms with Crippen LogP contribution in [0.25, 0.3) is 0 Å². The Morgan fingerprint density at radius 2 is 1.74 bits per heavy atom. The van der Waals surface area contributed by atoms with Crippen LogP contribution in [0.2, 0.25) is 0 Å². The van der Waals surface area contributed by atoms with E-state index in [0.29, 0.717) is 23.3 Å². The van der Waals surface area contributed by atoms with Crippen LogP contribution in [0.15, 0.2) is 54.6 Å². The van der Waals surface area contributed by atoms with Crippen molar-refractivity contribution in [1.29, 1.82) is 0 Å². The van der Waals surface area contributed by atoms with Crippen LogP contribution >= 0.6 is 11.8 Å². The minimum Gasteiger partial charge on any atom is -0.425 e. The number of likely N-dealkylation sites (tertiary alicyclic amines) is 1. The van der Waals surface area contributed by atoms with Gasteiger partial charge in [-0.1, -0.05) is 56.3 Å². The van der Waals surface area contributed by atoms with E-state index in [9.17, 15) is 24.3 Å². The molecule has 0 aromatic heterocycles. The molecule has 0 bridgehead atoms. The van der Waals surface area contributed by atoms with Gasteiger partial charge in [0.25, 0.3) is 0 Å². The number of carbonyl (C=O) groups excluding carboxylic acids is 4. The van der Waals surface area contributed by atoms with E-state index >= 15 is 0 Å². The lowest BCUT2D eigenvalue weighted by atomic mass is 9.86. The van der Waals surface area contributed by atoms with Crippen molar-refractivity contribution >= 4 is 35.5 Å². The zero-order chi connectivity index (χ0) is 24.7. The number of benzene rings is 2. The summed E-state index contributed by atoms with van der Waals surface area (Å²) in [6, 6.07) is 15.2. The molecule has 8 nitrogen and oxygen atoms in total. The van der Waals surface area contributed by atoms with Crippen molar-refractivity contribution < 1.29 is 29.0 Å². The van der Waals surface area contributed by atoms with E-state index in [1.54, 1.807) is 43.3 Å². The number of aliphatic hydroxyl groups is 1. The maximum absolute atomic E-state index is 12.4. The zero-order valence-corrected chi connectivity index (χ0v) is 20.0. The molecule has 2 unspecified atom stereocenters. The molecule has 3 amide bonds. The van der Waals surface area contributed by atoms with Crippen molar-refractivity contribution in [1.82, 2.24) is 10.2 Å². The zero-order valence-electron chi connectivity index (χ0n) is 19.2. The highest BCUT2D eigenvalue weighted by atomic mass is 32.2. The van der Waals surface area contributed by atoms with Crippen LogP contribution < -0.4 is 10.1 Å². The minimum absolute atomic E-state index is 0.0288. The van der Waals surface area contributed by atoms with E-state index < -0.39 is 23.4 Å². The van der Waals surface area contributed by atoms with Crippen LogP contribution in [0.1, 0.15) is 37.8 Å². The molecule has 0 saturated carbocycles. The van der Waals surface area contributed by atoms with E-state index in [4.69, 9.17) is 4.74 Å². The predicted octanol–water partition coefficient (Wildman–Crippen LogP) is 2.23. The lowest BCUT2D eigenvalue weighted by Gasteiger charge is -2.30. The number of imide groups is 1. The van der Waals surface area contributed by atoms with Gasteiger partial charge in [0.05, 0.1) is 11.8 Å². The van der Waals surface area contributed by atoms with Crippen molar-refractivity contribution in [3.63, 3.8) is 0 Å². The molecule has 1 saturated heterocycles. The Morgan fingerprint density at radius 3 is 2.35 bits per heavy atom. The lowest BCUT2D eigenvalue weighted by Crippen LogP contribution is -2.41. The van der Waals surface area contributed by atoms with Gasteiger partial charge in [-0.05, 0) is 29.0 Å². The molecule has 180 valence electrons. The van der Waals surface area contributed by atoms with Gasteiger partial charge in [0, 0.05) is 12.8 Å². The molecular formula is C25H28N2O6S. The average Bonchev–Trinajstić information content (AvgIpc) is 3.10. The summed E-state index contributed by atoms with van der Waals surface area (Å²) in [5, 5.41) is 13.8. The summed E-state index contributed by atoms with van der Waals surface area (Å²) in [6.45, 7) is 3.15. The number of hydrogen-bond donors (Lipinski definition) is 2. The molecule has 0 aliphatic carbocycles. The molecule has 2 aromatic carbocycles. The summed E-state index contributed by atoms with van der Waals surface area (Å²) in [5.74, 6) is -0.765. The number of hydrogen-bond acceptors (Lipinski definition) is 7. The second-order valence-corrected chi connectivity index (χ2v) is 9.30. The third kappa shape index (κ3) is 5.84. The molecule has 2 aromatic rings. The number of ether oxygens (including phenoxy) is 1. The highest BCUT2D eigenvalue weighted by Gasteiger charge is 2.39. The molecule has 3 rings (SSSR count). The normalized spacial score (nSPS) is 17.4. The molecule has 34 heavy (non-hydrogen) atoms. The largest absolute Gasteiger partial charge is 0.425 e. The molecule has 0 radical (unpaired) electrons. The molecule has 2 N–H and O–H groups in total. The van der Waals surface area contributed by atoms with Crippen molar-refractivity contribution in [3.8, 4) is 5.75 Å². The smallest absolute Gasteiger partial charge is 0.331 e. The summed E-state index contributed by atoms with van der Waals surface area (Å²) < 4.78 is 5.31. The second kappa shape index (κ2) is 11.3. The van der Waals surface area contributed by atoms with Gasteiger partial charge in [-0.3, -0.25) is 19.3 Å². The molecular weight excluding hydrogens is 456 g/mol. The van der Waals surface area contributed by atoms with Crippen molar-refractivity contribution in [2.45, 2.75) is 37.5 Å². The van der Waals surface area contributed by atoms with E-state index in [0.717, 1.165) is 4.90 Å². The molecule has 2 atom stereocenters. The first-order valence-electron chi connectivity index (χ1n) is 11.1. The van der Waals surface area contributed by atoms with Gasteiger partial charge in [0.2, 0.25) is 17.7 Å². The van der Waals surface area contributed by atoms with Crippen LogP contribution in [0.4, 0.5) is 0 Å². The van der Waals surface area contributed by atoms with E-state index in [1.165, 1.54) is 23.9 Å². The van der Waals surface area contributed by atoms with Crippen LogP contribution in [0.3, 0.4) is 0 Å². The summed E-state index contributed by atoms with van der Waals surface area (Å²) in [4.78, 5) is 49.6. The quantitative estimate of drug-likeness (QED) is 0.302. The summed E-state index contributed by atoms with van der Waals surface area (Å²) in [7, 11) is 0. The van der Waals surface area contributed by atoms with Crippen LogP contribution in [-0.4, -0.2) is 57.8 Å². The highest BCUT2D eigenvalue weighted by Crippen LogP contribution is 2.31. The Balaban J connectivity index is 1.71. The molecule has 1 aliphatic rings. The van der Waals surface area contributed by atoms with Gasteiger partial charge in [-0.2, -0.15) is 0 Å². The third-order valence-electron chi connectivity index (χ3n) is 5.54. The van der Waals surface area contributed by atoms with E-state index in [-0.39, 0.29) is 36.4 Å². The molecule has 9 heteroatoms. The third-order valence-corrected chi connectivity index (χ3v) is 6.64. The summed E-state index contributed by atoms with van der Waals surface area (Å²) >= 11 is 1.38. The van der Waals surface area contributed by atoms with Gasteiger partial charge in [-0.15, -0.1) is 11.8 Å². The number of esters is 1. The fourth-order valence-corrected chi connectivity index (χ4v) is 4.61. The van der Waals surface area contributed by atoms with Gasteiger partial charge < -0.3 is 15.2 Å². The number of thioether (sulfide) groups is 1. The monoisotopic (exact) mass is 484 g/mol. The van der Waals surface area contributed by atoms with Crippen LogP contribution in [0.5, 0.6) is 5.75 Å². The maximum atomic E-state index is 12.4. The molecule has 0 spiro atoms. The van der Waals surface area contributed by atoms with Gasteiger partial charge in [0.15, 0.2) is 0 Å². The first kappa shape index (κ1) is 25.5. The number of amides is 3. The Kier molecular flexibility index (Phi) is 8.46. The predicted molar refractivity (Wildman–Crippen MR) is 128 cm³/mol. The fourth-order valence-electron chi connectivity index (χ4n) is 3.68. The SMILES string of the molecule is CCSC1CC(=O)N(CC(=O)Oc2ccc(C(O)(CNC(=O)CC)c3ccccc3)cc2)C1=O. The Labute approximate surface area is 202 Å². The minimum atomic E-state index is -1.49. The highest BCUT2D eigenvalue weighted by molar-refractivity contribution is 8.00. The Bertz CT molecular complexity index is 1040. The molecule has 1 fully saturated rings. The summed E-state index contributed by atoms with van der Waals surface area (Å²) in [6.07, 6.45) is 0.381.